The minimum absolute atomic E-state index is 0.0905. The standard InChI is InChI=1S/C30H36O3/c1-29(2,3)33-26(31)16-18-30(4,5)17-7-19-32-20-24-13-12-23-11-10-21-8-6-9-22-14-15-25(24)28(23)27(21)22/h6,8-15H,7,16-20H2,1-5H3. The van der Waals surface area contributed by atoms with E-state index in [0.717, 1.165) is 25.9 Å². The second kappa shape index (κ2) is 9.30. The number of hydrogen-bond acceptors (Lipinski definition) is 3. The summed E-state index contributed by atoms with van der Waals surface area (Å²) in [4.78, 5) is 12.0. The summed E-state index contributed by atoms with van der Waals surface area (Å²) >= 11 is 0. The van der Waals surface area contributed by atoms with Gasteiger partial charge < -0.3 is 9.47 Å². The normalized spacial score (nSPS) is 12.8. The molecule has 0 saturated heterocycles. The highest BCUT2D eigenvalue weighted by Crippen LogP contribution is 2.36. The Balaban J connectivity index is 1.33. The summed E-state index contributed by atoms with van der Waals surface area (Å²) in [6.07, 6.45) is 3.30. The molecule has 0 spiro atoms. The van der Waals surface area contributed by atoms with Gasteiger partial charge >= 0.3 is 5.97 Å². The fourth-order valence-electron chi connectivity index (χ4n) is 4.71. The van der Waals surface area contributed by atoms with Gasteiger partial charge in [0.15, 0.2) is 0 Å². The van der Waals surface area contributed by atoms with Crippen molar-refractivity contribution in [2.75, 3.05) is 6.61 Å². The third-order valence-electron chi connectivity index (χ3n) is 6.44. The van der Waals surface area contributed by atoms with E-state index >= 15 is 0 Å². The van der Waals surface area contributed by atoms with Crippen LogP contribution in [0, 0.1) is 5.41 Å². The van der Waals surface area contributed by atoms with Crippen LogP contribution < -0.4 is 0 Å². The number of esters is 1. The summed E-state index contributed by atoms with van der Waals surface area (Å²) in [6, 6.07) is 19.8. The molecule has 33 heavy (non-hydrogen) atoms. The molecule has 0 heterocycles. The number of hydrogen-bond donors (Lipinski definition) is 0. The summed E-state index contributed by atoms with van der Waals surface area (Å²) in [7, 11) is 0. The van der Waals surface area contributed by atoms with Gasteiger partial charge in [0, 0.05) is 13.0 Å². The highest BCUT2D eigenvalue weighted by Gasteiger charge is 2.22. The minimum atomic E-state index is -0.416. The third-order valence-corrected chi connectivity index (χ3v) is 6.44. The van der Waals surface area contributed by atoms with E-state index in [-0.39, 0.29) is 11.4 Å². The Hall–Kier alpha value is -2.65. The Bertz CT molecular complexity index is 1230. The number of benzene rings is 4. The van der Waals surface area contributed by atoms with E-state index < -0.39 is 5.60 Å². The molecule has 0 saturated carbocycles. The largest absolute Gasteiger partial charge is 0.460 e. The Kier molecular flexibility index (Phi) is 6.63. The van der Waals surface area contributed by atoms with E-state index in [0.29, 0.717) is 13.0 Å². The number of carbonyl (C=O) groups excluding carboxylic acids is 1. The molecule has 0 amide bonds. The van der Waals surface area contributed by atoms with Gasteiger partial charge in [0.25, 0.3) is 0 Å². The van der Waals surface area contributed by atoms with Gasteiger partial charge in [0.05, 0.1) is 6.61 Å². The van der Waals surface area contributed by atoms with Crippen LogP contribution in [0.1, 0.15) is 65.9 Å². The molecule has 0 unspecified atom stereocenters. The second-order valence-corrected chi connectivity index (χ2v) is 11.0. The average molecular weight is 445 g/mol. The predicted octanol–water partition coefficient (Wildman–Crippen LogP) is 8.03. The van der Waals surface area contributed by atoms with E-state index in [1.807, 2.05) is 20.8 Å². The fourth-order valence-corrected chi connectivity index (χ4v) is 4.71. The van der Waals surface area contributed by atoms with Crippen LogP contribution in [0.4, 0.5) is 0 Å². The SMILES string of the molecule is CC(C)(CCCOCc1ccc2ccc3cccc4ccc1c2c34)CCC(=O)OC(C)(C)C. The zero-order valence-corrected chi connectivity index (χ0v) is 20.7. The lowest BCUT2D eigenvalue weighted by molar-refractivity contribution is -0.155. The minimum Gasteiger partial charge on any atom is -0.460 e. The molecular weight excluding hydrogens is 408 g/mol. The molecule has 0 fully saturated rings. The Morgan fingerprint density at radius 1 is 0.788 bits per heavy atom. The van der Waals surface area contributed by atoms with E-state index in [1.165, 1.54) is 37.9 Å². The van der Waals surface area contributed by atoms with Crippen LogP contribution in [0.25, 0.3) is 32.3 Å². The zero-order valence-electron chi connectivity index (χ0n) is 20.7. The highest BCUT2D eigenvalue weighted by molar-refractivity contribution is 6.23. The summed E-state index contributed by atoms with van der Waals surface area (Å²) in [5, 5.41) is 7.84. The van der Waals surface area contributed by atoms with Crippen LogP contribution in [0.15, 0.2) is 54.6 Å². The molecule has 0 aliphatic heterocycles. The first-order valence-electron chi connectivity index (χ1n) is 12.1. The van der Waals surface area contributed by atoms with Crippen molar-refractivity contribution >= 4 is 38.3 Å². The van der Waals surface area contributed by atoms with Gasteiger partial charge in [-0.3, -0.25) is 4.79 Å². The molecule has 0 atom stereocenters. The smallest absolute Gasteiger partial charge is 0.306 e. The summed E-state index contributed by atoms with van der Waals surface area (Å²) in [5.41, 5.74) is 0.915. The molecule has 3 heteroatoms. The molecule has 3 nitrogen and oxygen atoms in total. The third kappa shape index (κ3) is 5.65. The van der Waals surface area contributed by atoms with E-state index in [4.69, 9.17) is 9.47 Å². The Morgan fingerprint density at radius 2 is 1.42 bits per heavy atom. The molecule has 0 aliphatic rings. The van der Waals surface area contributed by atoms with Crippen molar-refractivity contribution in [3.63, 3.8) is 0 Å². The predicted molar refractivity (Wildman–Crippen MR) is 138 cm³/mol. The number of ether oxygens (including phenoxy) is 2. The van der Waals surface area contributed by atoms with Gasteiger partial charge in [0.1, 0.15) is 5.60 Å². The molecule has 174 valence electrons. The van der Waals surface area contributed by atoms with Gasteiger partial charge in [-0.15, -0.1) is 0 Å². The van der Waals surface area contributed by atoms with Crippen LogP contribution in [0.5, 0.6) is 0 Å². The number of rotatable bonds is 9. The number of carbonyl (C=O) groups is 1. The van der Waals surface area contributed by atoms with Crippen molar-refractivity contribution < 1.29 is 14.3 Å². The monoisotopic (exact) mass is 444 g/mol. The molecule has 0 radical (unpaired) electrons. The van der Waals surface area contributed by atoms with Crippen LogP contribution >= 0.6 is 0 Å². The van der Waals surface area contributed by atoms with E-state index in [2.05, 4.69) is 68.4 Å². The molecule has 4 rings (SSSR count). The van der Waals surface area contributed by atoms with Gasteiger partial charge in [-0.05, 0) is 83.3 Å². The van der Waals surface area contributed by atoms with Gasteiger partial charge in [-0.2, -0.15) is 0 Å². The molecule has 0 N–H and O–H groups in total. The summed E-state index contributed by atoms with van der Waals surface area (Å²) in [5.74, 6) is -0.110. The van der Waals surface area contributed by atoms with Crippen molar-refractivity contribution in [3.8, 4) is 0 Å². The van der Waals surface area contributed by atoms with Crippen molar-refractivity contribution in [1.29, 1.82) is 0 Å². The lowest BCUT2D eigenvalue weighted by Crippen LogP contribution is -2.25. The van der Waals surface area contributed by atoms with Gasteiger partial charge in [-0.1, -0.05) is 68.4 Å². The quantitative estimate of drug-likeness (QED) is 0.149. The van der Waals surface area contributed by atoms with Crippen molar-refractivity contribution in [1.82, 2.24) is 0 Å². The van der Waals surface area contributed by atoms with Crippen molar-refractivity contribution in [2.24, 2.45) is 5.41 Å². The highest BCUT2D eigenvalue weighted by atomic mass is 16.6. The lowest BCUT2D eigenvalue weighted by Gasteiger charge is -2.25. The first-order valence-corrected chi connectivity index (χ1v) is 12.1. The average Bonchev–Trinajstić information content (AvgIpc) is 2.75. The van der Waals surface area contributed by atoms with Gasteiger partial charge in [0.2, 0.25) is 0 Å². The van der Waals surface area contributed by atoms with Crippen LogP contribution in [-0.4, -0.2) is 18.2 Å². The lowest BCUT2D eigenvalue weighted by atomic mass is 9.83. The first kappa shape index (κ1) is 23.5. The molecule has 0 aromatic heterocycles. The maximum absolute atomic E-state index is 12.0. The summed E-state index contributed by atoms with van der Waals surface area (Å²) in [6.45, 7) is 11.5. The van der Waals surface area contributed by atoms with E-state index in [1.54, 1.807) is 0 Å². The maximum Gasteiger partial charge on any atom is 0.306 e. The molecule has 4 aromatic carbocycles. The van der Waals surface area contributed by atoms with Crippen molar-refractivity contribution in [2.45, 2.75) is 72.5 Å². The molecule has 0 bridgehead atoms. The zero-order chi connectivity index (χ0) is 23.6. The molecular formula is C30H36O3. The topological polar surface area (TPSA) is 35.5 Å². The molecule has 4 aromatic rings. The first-order chi connectivity index (χ1) is 15.6. The fraction of sp³-hybridized carbons (Fsp3) is 0.433. The molecule has 0 aliphatic carbocycles. The van der Waals surface area contributed by atoms with Crippen molar-refractivity contribution in [3.05, 3.63) is 60.2 Å². The van der Waals surface area contributed by atoms with E-state index in [9.17, 15) is 4.79 Å². The van der Waals surface area contributed by atoms with Gasteiger partial charge in [-0.25, -0.2) is 0 Å². The van der Waals surface area contributed by atoms with Crippen LogP contribution in [-0.2, 0) is 20.9 Å². The van der Waals surface area contributed by atoms with Crippen LogP contribution in [0.3, 0.4) is 0 Å². The summed E-state index contributed by atoms with van der Waals surface area (Å²) < 4.78 is 11.5. The second-order valence-electron chi connectivity index (χ2n) is 11.0. The maximum atomic E-state index is 12.0. The van der Waals surface area contributed by atoms with Crippen LogP contribution in [0.2, 0.25) is 0 Å². The Labute approximate surface area is 197 Å². The Morgan fingerprint density at radius 3 is 2.12 bits per heavy atom.